The first-order chi connectivity index (χ1) is 17.8. The van der Waals surface area contributed by atoms with Gasteiger partial charge in [0.1, 0.15) is 22.9 Å². The lowest BCUT2D eigenvalue weighted by Gasteiger charge is -2.24. The van der Waals surface area contributed by atoms with Gasteiger partial charge in [0.05, 0.1) is 21.8 Å². The first-order valence-electron chi connectivity index (χ1n) is 12.0. The number of anilines is 2. The molecule has 8 nitrogen and oxygen atoms in total. The van der Waals surface area contributed by atoms with Gasteiger partial charge in [0.2, 0.25) is 0 Å². The number of aldehydes is 1. The molecule has 0 spiro atoms. The summed E-state index contributed by atoms with van der Waals surface area (Å²) < 4.78 is 55.1. The molecule has 0 amide bonds. The quantitative estimate of drug-likeness (QED) is 0.312. The number of aromatic nitrogens is 4. The van der Waals surface area contributed by atoms with E-state index in [9.17, 15) is 27.5 Å². The van der Waals surface area contributed by atoms with E-state index in [-0.39, 0.29) is 47.1 Å². The van der Waals surface area contributed by atoms with Crippen molar-refractivity contribution in [2.75, 3.05) is 18.1 Å². The molecule has 2 heterocycles. The fourth-order valence-corrected chi connectivity index (χ4v) is 5.95. The average Bonchev–Trinajstić information content (AvgIpc) is 3.57. The summed E-state index contributed by atoms with van der Waals surface area (Å²) in [7, 11) is 4.84. The zero-order chi connectivity index (χ0) is 28.0. The Hall–Kier alpha value is -3.12. The zero-order valence-electron chi connectivity index (χ0n) is 21.1. The predicted octanol–water partition coefficient (Wildman–Crippen LogP) is 4.88. The lowest BCUT2D eigenvalue weighted by molar-refractivity contribution is -0.140. The van der Waals surface area contributed by atoms with E-state index < -0.39 is 17.3 Å². The number of nitrogens with two attached hydrogens (primary N) is 1. The molecular weight excluding hydrogens is 528 g/mol. The molecule has 2 aromatic heterocycles. The molecule has 2 unspecified atom stereocenters. The molecule has 206 valence electrons. The van der Waals surface area contributed by atoms with Crippen molar-refractivity contribution in [1.29, 1.82) is 0 Å². The lowest BCUT2D eigenvalue weighted by Crippen LogP contribution is -2.27. The van der Waals surface area contributed by atoms with Crippen LogP contribution in [0.4, 0.5) is 29.1 Å². The molecule has 0 bridgehead atoms. The Morgan fingerprint density at radius 1 is 1.21 bits per heavy atom. The van der Waals surface area contributed by atoms with Crippen LogP contribution in [0.3, 0.4) is 0 Å². The summed E-state index contributed by atoms with van der Waals surface area (Å²) in [6.07, 6.45) is -1.22. The summed E-state index contributed by atoms with van der Waals surface area (Å²) in [4.78, 5) is 11.4. The maximum atomic E-state index is 13.4. The van der Waals surface area contributed by atoms with Crippen LogP contribution in [0.25, 0.3) is 0 Å². The van der Waals surface area contributed by atoms with Gasteiger partial charge in [-0.05, 0) is 55.7 Å². The molecule has 13 heteroatoms. The number of halogens is 5. The van der Waals surface area contributed by atoms with Gasteiger partial charge < -0.3 is 16.2 Å². The Kier molecular flexibility index (Phi) is 7.50. The molecule has 1 aromatic carbocycles. The van der Waals surface area contributed by atoms with E-state index in [0.717, 1.165) is 16.6 Å². The topological polar surface area (TPSA) is 111 Å². The van der Waals surface area contributed by atoms with E-state index in [1.54, 1.807) is 20.2 Å². The van der Waals surface area contributed by atoms with Crippen molar-refractivity contribution >= 4 is 29.4 Å². The second-order valence-electron chi connectivity index (χ2n) is 10.00. The van der Waals surface area contributed by atoms with E-state index in [4.69, 9.17) is 17.3 Å². The maximum absolute atomic E-state index is 13.4. The molecule has 38 heavy (non-hydrogen) atoms. The van der Waals surface area contributed by atoms with Crippen LogP contribution in [0.15, 0.2) is 24.4 Å². The fraction of sp³-hybridized carbons (Fsp3) is 0.480. The maximum Gasteiger partial charge on any atom is 0.419 e. The van der Waals surface area contributed by atoms with Gasteiger partial charge in [-0.3, -0.25) is 14.2 Å². The number of carbonyl (C=O) groups is 1. The number of aliphatic hydroxyl groups is 1. The van der Waals surface area contributed by atoms with E-state index in [2.05, 4.69) is 15.5 Å². The Balaban J connectivity index is 0.000000283. The van der Waals surface area contributed by atoms with Crippen LogP contribution in [0.2, 0.25) is 5.02 Å². The number of nitrogen functional groups attached to an aromatic ring is 1. The average molecular weight is 557 g/mol. The lowest BCUT2D eigenvalue weighted by atomic mass is 9.88. The van der Waals surface area contributed by atoms with E-state index in [1.165, 1.54) is 23.9 Å². The van der Waals surface area contributed by atoms with Crippen molar-refractivity contribution < 1.29 is 27.5 Å². The largest absolute Gasteiger partial charge is 0.419 e. The number of rotatable bonds is 4. The second kappa shape index (κ2) is 10.2. The molecule has 2 saturated carbocycles. The standard InChI is InChI=1S/C18H22F3N5O2.C7H7ClFN/c1-25-7-13(18(19,20)21)15(24-25)17(28)5-10-3-9(4-11(10)6-17)14-12(8-27)16(22)26(2)23-14;1-10-5-2-3-7(9)6(8)4-5/h7-11,28H,3-6,22H2,1-2H3;2-4,10H,1H3. The highest BCUT2D eigenvalue weighted by atomic mass is 35.5. The molecular formula is C25H29ClF4N6O2. The summed E-state index contributed by atoms with van der Waals surface area (Å²) >= 11 is 5.48. The second-order valence-corrected chi connectivity index (χ2v) is 10.4. The highest BCUT2D eigenvalue weighted by Crippen LogP contribution is 2.57. The third-order valence-corrected chi connectivity index (χ3v) is 7.78. The third-order valence-electron chi connectivity index (χ3n) is 7.49. The van der Waals surface area contributed by atoms with Crippen LogP contribution in [0.1, 0.15) is 58.9 Å². The van der Waals surface area contributed by atoms with Gasteiger partial charge in [0, 0.05) is 38.9 Å². The van der Waals surface area contributed by atoms with Gasteiger partial charge >= 0.3 is 6.18 Å². The van der Waals surface area contributed by atoms with Crippen LogP contribution in [0.5, 0.6) is 0 Å². The first kappa shape index (κ1) is 27.9. The third kappa shape index (κ3) is 5.24. The van der Waals surface area contributed by atoms with Crippen LogP contribution >= 0.6 is 11.6 Å². The SMILES string of the molecule is CNc1ccc(F)c(Cl)c1.Cn1cc(C(F)(F)F)c(C2(O)CC3CC(c4nn(C)c(N)c4C=O)CC3C2)n1. The Bertz CT molecular complexity index is 1320. The number of nitrogens with zero attached hydrogens (tertiary/aromatic N) is 4. The predicted molar refractivity (Wildman–Crippen MR) is 134 cm³/mol. The van der Waals surface area contributed by atoms with Crippen LogP contribution in [-0.2, 0) is 25.9 Å². The van der Waals surface area contributed by atoms with Crippen molar-refractivity contribution in [2.24, 2.45) is 25.9 Å². The van der Waals surface area contributed by atoms with Gasteiger partial charge in [0.25, 0.3) is 0 Å². The molecule has 2 fully saturated rings. The van der Waals surface area contributed by atoms with E-state index in [1.807, 2.05) is 0 Å². The smallest absolute Gasteiger partial charge is 0.388 e. The van der Waals surface area contributed by atoms with Gasteiger partial charge in [0.15, 0.2) is 6.29 Å². The number of aryl methyl sites for hydroxylation is 2. The van der Waals surface area contributed by atoms with Crippen LogP contribution in [-0.4, -0.2) is 38.0 Å². The highest BCUT2D eigenvalue weighted by molar-refractivity contribution is 6.31. The number of nitrogens with one attached hydrogen (secondary N) is 1. The molecule has 0 saturated heterocycles. The van der Waals surface area contributed by atoms with Crippen molar-refractivity contribution in [3.63, 3.8) is 0 Å². The van der Waals surface area contributed by atoms with Gasteiger partial charge in [-0.25, -0.2) is 4.39 Å². The minimum absolute atomic E-state index is 0.00840. The summed E-state index contributed by atoms with van der Waals surface area (Å²) in [6, 6.07) is 4.49. The highest BCUT2D eigenvalue weighted by Gasteiger charge is 2.54. The van der Waals surface area contributed by atoms with Crippen molar-refractivity contribution in [3.8, 4) is 0 Å². The Morgan fingerprint density at radius 2 is 1.84 bits per heavy atom. The number of fused-ring (bicyclic) bond motifs is 1. The number of hydrogen-bond donors (Lipinski definition) is 3. The summed E-state index contributed by atoms with van der Waals surface area (Å²) in [5, 5.41) is 22.4. The minimum Gasteiger partial charge on any atom is -0.388 e. The number of alkyl halides is 3. The Morgan fingerprint density at radius 3 is 2.37 bits per heavy atom. The minimum atomic E-state index is -4.57. The summed E-state index contributed by atoms with van der Waals surface area (Å²) in [5.41, 5.74) is 4.96. The van der Waals surface area contributed by atoms with Crippen molar-refractivity contribution in [1.82, 2.24) is 19.6 Å². The van der Waals surface area contributed by atoms with E-state index in [0.29, 0.717) is 36.2 Å². The molecule has 2 aliphatic carbocycles. The van der Waals surface area contributed by atoms with Crippen LogP contribution < -0.4 is 11.1 Å². The van der Waals surface area contributed by atoms with Gasteiger partial charge in [-0.2, -0.15) is 23.4 Å². The molecule has 5 rings (SSSR count). The molecule has 2 atom stereocenters. The zero-order valence-corrected chi connectivity index (χ0v) is 21.8. The molecule has 2 aliphatic rings. The molecule has 3 aromatic rings. The van der Waals surface area contributed by atoms with Crippen molar-refractivity contribution in [3.05, 3.63) is 57.8 Å². The number of carbonyl (C=O) groups excluding carboxylic acids is 1. The number of hydrogen-bond acceptors (Lipinski definition) is 6. The fourth-order valence-electron chi connectivity index (χ4n) is 5.77. The molecule has 0 aliphatic heterocycles. The van der Waals surface area contributed by atoms with Gasteiger partial charge in [-0.15, -0.1) is 0 Å². The first-order valence-corrected chi connectivity index (χ1v) is 12.4. The summed E-state index contributed by atoms with van der Waals surface area (Å²) in [6.45, 7) is 0. The normalized spacial score (nSPS) is 24.6. The summed E-state index contributed by atoms with van der Waals surface area (Å²) in [5.74, 6) is 0.0123. The molecule has 0 radical (unpaired) electrons. The van der Waals surface area contributed by atoms with Gasteiger partial charge in [-0.1, -0.05) is 11.6 Å². The van der Waals surface area contributed by atoms with Crippen LogP contribution in [0, 0.1) is 17.7 Å². The Labute approximate surface area is 221 Å². The monoisotopic (exact) mass is 556 g/mol. The van der Waals surface area contributed by atoms with E-state index >= 15 is 0 Å². The number of benzene rings is 1. The van der Waals surface area contributed by atoms with Crippen molar-refractivity contribution in [2.45, 2.75) is 43.4 Å². The molecule has 4 N–H and O–H groups in total.